The van der Waals surface area contributed by atoms with Gasteiger partial charge in [-0.1, -0.05) is 52.3 Å². The molecule has 0 aliphatic carbocycles. The third-order valence-corrected chi connectivity index (χ3v) is 3.38. The lowest BCUT2D eigenvalue weighted by Crippen LogP contribution is -2.28. The van der Waals surface area contributed by atoms with Crippen molar-refractivity contribution in [3.05, 3.63) is 71.8 Å². The summed E-state index contributed by atoms with van der Waals surface area (Å²) in [7, 11) is 0. The summed E-state index contributed by atoms with van der Waals surface area (Å²) in [6.45, 7) is -0.0250. The lowest BCUT2D eigenvalue weighted by molar-refractivity contribution is -0.0254. The average Bonchev–Trinajstić information content (AvgIpc) is 2.65. The lowest BCUT2D eigenvalue weighted by Gasteiger charge is -2.16. The summed E-state index contributed by atoms with van der Waals surface area (Å²) < 4.78 is 15.8. The fourth-order valence-electron chi connectivity index (χ4n) is 1.89. The van der Waals surface area contributed by atoms with E-state index in [1.807, 2.05) is 12.1 Å². The Morgan fingerprint density at radius 1 is 0.792 bits per heavy atom. The number of carbonyl (C=O) groups is 2. The molecule has 5 nitrogen and oxygen atoms in total. The molecule has 0 bridgehead atoms. The maximum absolute atomic E-state index is 11.9. The smallest absolute Gasteiger partial charge is 0.338 e. The van der Waals surface area contributed by atoms with Gasteiger partial charge in [-0.3, -0.25) is 0 Å². The number of esters is 2. The second-order valence-electron chi connectivity index (χ2n) is 4.83. The van der Waals surface area contributed by atoms with Crippen LogP contribution in [0.4, 0.5) is 0 Å². The minimum atomic E-state index is -0.551. The van der Waals surface area contributed by atoms with Crippen molar-refractivity contribution in [2.75, 3.05) is 18.7 Å². The molecule has 0 heterocycles. The van der Waals surface area contributed by atoms with Gasteiger partial charge in [0, 0.05) is 0 Å². The van der Waals surface area contributed by atoms with Crippen molar-refractivity contribution in [2.24, 2.45) is 0 Å². The Bertz CT molecular complexity index is 589. The van der Waals surface area contributed by atoms with Crippen LogP contribution in [0.15, 0.2) is 60.7 Å². The van der Waals surface area contributed by atoms with Crippen molar-refractivity contribution in [3.8, 4) is 0 Å². The molecule has 2 rings (SSSR count). The monoisotopic (exact) mass is 392 g/mol. The molecule has 24 heavy (non-hydrogen) atoms. The van der Waals surface area contributed by atoms with E-state index in [0.717, 1.165) is 0 Å². The minimum absolute atomic E-state index is 0.0125. The molecule has 126 valence electrons. The first kappa shape index (κ1) is 18.2. The van der Waals surface area contributed by atoms with E-state index in [9.17, 15) is 9.59 Å². The van der Waals surface area contributed by atoms with E-state index in [2.05, 4.69) is 15.9 Å². The quantitative estimate of drug-likeness (QED) is 0.508. The molecule has 2 aromatic carbocycles. The van der Waals surface area contributed by atoms with Crippen LogP contribution in [-0.4, -0.2) is 36.8 Å². The predicted molar refractivity (Wildman–Crippen MR) is 92.1 cm³/mol. The first-order chi connectivity index (χ1) is 11.7. The number of benzene rings is 2. The number of hydrogen-bond acceptors (Lipinski definition) is 5. The van der Waals surface area contributed by atoms with Gasteiger partial charge in [0.1, 0.15) is 24.8 Å². The van der Waals surface area contributed by atoms with Gasteiger partial charge in [-0.05, 0) is 24.3 Å². The summed E-state index contributed by atoms with van der Waals surface area (Å²) in [5.74, 6) is -0.902. The summed E-state index contributed by atoms with van der Waals surface area (Å²) in [6, 6.07) is 17.3. The van der Waals surface area contributed by atoms with Crippen LogP contribution in [0.5, 0.6) is 0 Å². The number of rotatable bonds is 8. The third-order valence-electron chi connectivity index (χ3n) is 3.12. The summed E-state index contributed by atoms with van der Waals surface area (Å²) in [5.41, 5.74) is 1.15. The van der Waals surface area contributed by atoms with E-state index >= 15 is 0 Å². The molecule has 0 atom stereocenters. The van der Waals surface area contributed by atoms with Crippen LogP contribution in [-0.2, 0) is 14.2 Å². The molecule has 0 amide bonds. The summed E-state index contributed by atoms with van der Waals surface area (Å²) >= 11 is 3.15. The Labute approximate surface area is 148 Å². The van der Waals surface area contributed by atoms with Gasteiger partial charge in [-0.2, -0.15) is 0 Å². The van der Waals surface area contributed by atoms with Crippen LogP contribution in [0.25, 0.3) is 0 Å². The molecule has 0 fully saturated rings. The van der Waals surface area contributed by atoms with Crippen LogP contribution in [0, 0.1) is 0 Å². The zero-order valence-corrected chi connectivity index (χ0v) is 14.5. The highest BCUT2D eigenvalue weighted by atomic mass is 79.9. The third kappa shape index (κ3) is 5.79. The fourth-order valence-corrected chi connectivity index (χ4v) is 2.26. The van der Waals surface area contributed by atoms with Gasteiger partial charge in [-0.15, -0.1) is 0 Å². The first-order valence-electron chi connectivity index (χ1n) is 7.32. The van der Waals surface area contributed by atoms with Crippen molar-refractivity contribution in [1.29, 1.82) is 0 Å². The molecule has 0 radical (unpaired) electrons. The Balaban J connectivity index is 1.83. The van der Waals surface area contributed by atoms with Gasteiger partial charge in [0.15, 0.2) is 0 Å². The van der Waals surface area contributed by atoms with E-state index in [0.29, 0.717) is 11.1 Å². The number of halogens is 1. The molecular formula is C18H17BrO5. The highest BCUT2D eigenvalue weighted by Gasteiger charge is 2.16. The van der Waals surface area contributed by atoms with Crippen molar-refractivity contribution >= 4 is 27.9 Å². The first-order valence-corrected chi connectivity index (χ1v) is 8.44. The van der Waals surface area contributed by atoms with Crippen LogP contribution >= 0.6 is 15.9 Å². The largest absolute Gasteiger partial charge is 0.459 e. The minimum Gasteiger partial charge on any atom is -0.459 e. The highest BCUT2D eigenvalue weighted by molar-refractivity contribution is 9.09. The van der Waals surface area contributed by atoms with Crippen molar-refractivity contribution in [1.82, 2.24) is 0 Å². The number of carbonyl (C=O) groups excluding carboxylic acids is 2. The van der Waals surface area contributed by atoms with E-state index in [4.69, 9.17) is 14.2 Å². The van der Waals surface area contributed by atoms with Crippen LogP contribution in [0.2, 0.25) is 0 Å². The van der Waals surface area contributed by atoms with Gasteiger partial charge in [0.25, 0.3) is 0 Å². The average molecular weight is 393 g/mol. The number of alkyl halides is 1. The molecule has 0 aliphatic heterocycles. The summed E-state index contributed by atoms with van der Waals surface area (Å²) in [6.07, 6.45) is -0.551. The molecule has 0 N–H and O–H groups in total. The van der Waals surface area contributed by atoms with Gasteiger partial charge in [-0.25, -0.2) is 9.59 Å². The molecule has 0 aliphatic rings. The van der Waals surface area contributed by atoms with Crippen LogP contribution in [0.1, 0.15) is 20.7 Å². The fraction of sp³-hybridized carbons (Fsp3) is 0.222. The lowest BCUT2D eigenvalue weighted by atomic mass is 10.2. The molecule has 0 unspecified atom stereocenters. The molecule has 6 heteroatoms. The van der Waals surface area contributed by atoms with E-state index in [-0.39, 0.29) is 18.7 Å². The van der Waals surface area contributed by atoms with E-state index < -0.39 is 18.0 Å². The normalized spacial score (nSPS) is 10.4. The van der Waals surface area contributed by atoms with E-state index in [1.54, 1.807) is 48.5 Å². The molecule has 0 saturated carbocycles. The SMILES string of the molecule is O=C(OCC(COC(=O)c1ccccc1)OCBr)c1ccccc1. The predicted octanol–water partition coefficient (Wildman–Crippen LogP) is 3.44. The van der Waals surface area contributed by atoms with Gasteiger partial charge in [0.05, 0.1) is 11.1 Å². The Morgan fingerprint density at radius 3 is 1.58 bits per heavy atom. The van der Waals surface area contributed by atoms with E-state index in [1.165, 1.54) is 0 Å². The summed E-state index contributed by atoms with van der Waals surface area (Å²) in [4.78, 5) is 23.8. The zero-order valence-electron chi connectivity index (χ0n) is 12.9. The number of hydrogen-bond donors (Lipinski definition) is 0. The second kappa shape index (κ2) is 9.85. The van der Waals surface area contributed by atoms with Gasteiger partial charge < -0.3 is 14.2 Å². The molecule has 2 aromatic rings. The Kier molecular flexibility index (Phi) is 7.45. The molecular weight excluding hydrogens is 376 g/mol. The Hall–Kier alpha value is -2.18. The second-order valence-corrected chi connectivity index (χ2v) is 5.28. The maximum Gasteiger partial charge on any atom is 0.338 e. The molecule has 0 aromatic heterocycles. The highest BCUT2D eigenvalue weighted by Crippen LogP contribution is 2.06. The molecule has 0 saturated heterocycles. The van der Waals surface area contributed by atoms with Crippen molar-refractivity contribution in [2.45, 2.75) is 6.10 Å². The van der Waals surface area contributed by atoms with Crippen LogP contribution < -0.4 is 0 Å². The number of ether oxygens (including phenoxy) is 3. The zero-order chi connectivity index (χ0) is 17.2. The van der Waals surface area contributed by atoms with Crippen LogP contribution in [0.3, 0.4) is 0 Å². The maximum atomic E-state index is 11.9. The van der Waals surface area contributed by atoms with Gasteiger partial charge >= 0.3 is 11.9 Å². The van der Waals surface area contributed by atoms with Crippen molar-refractivity contribution < 1.29 is 23.8 Å². The topological polar surface area (TPSA) is 61.8 Å². The molecule has 0 spiro atoms. The Morgan fingerprint density at radius 2 is 1.21 bits per heavy atom. The summed E-state index contributed by atoms with van der Waals surface area (Å²) in [5, 5.41) is 0. The van der Waals surface area contributed by atoms with Gasteiger partial charge in [0.2, 0.25) is 0 Å². The standard InChI is InChI=1S/C18H17BrO5/c19-13-24-16(11-22-17(20)14-7-3-1-4-8-14)12-23-18(21)15-9-5-2-6-10-15/h1-10,16H,11-13H2. The van der Waals surface area contributed by atoms with Crippen molar-refractivity contribution in [3.63, 3.8) is 0 Å².